The smallest absolute Gasteiger partial charge is 0.222 e. The average molecular weight is 371 g/mol. The standard InChI is InChI=1S/C20H15O.ClHO4/c1-14-10-12-15(13-11-14)20-16-6-2-4-8-18(16)21-19-9-5-3-7-17(19)20;2-1(3,4)5/h2-13H,1H3;(H,2,3,4,5)/q+1;/p-1. The zero-order valence-electron chi connectivity index (χ0n) is 13.8. The molecule has 0 aliphatic heterocycles. The van der Waals surface area contributed by atoms with E-state index in [0.717, 1.165) is 21.9 Å². The van der Waals surface area contributed by atoms with Crippen molar-refractivity contribution in [3.05, 3.63) is 78.4 Å². The molecular formula is C20H15ClO5. The number of rotatable bonds is 1. The van der Waals surface area contributed by atoms with Crippen LogP contribution in [-0.4, -0.2) is 0 Å². The van der Waals surface area contributed by atoms with Gasteiger partial charge in [0.05, 0.1) is 10.8 Å². The lowest BCUT2D eigenvalue weighted by Gasteiger charge is -2.17. The number of para-hydroxylation sites is 2. The molecule has 0 N–H and O–H groups in total. The number of halogens is 1. The highest BCUT2D eigenvalue weighted by atomic mass is 35.7. The molecule has 0 bridgehead atoms. The summed E-state index contributed by atoms with van der Waals surface area (Å²) in [5.74, 6) is 0. The molecule has 4 aromatic rings. The number of hydrogen-bond donors (Lipinski definition) is 0. The largest absolute Gasteiger partial charge is 0.361 e. The summed E-state index contributed by atoms with van der Waals surface area (Å²) in [7, 11) is -4.94. The van der Waals surface area contributed by atoms with Crippen LogP contribution < -0.4 is 18.6 Å². The Labute approximate surface area is 152 Å². The zero-order valence-corrected chi connectivity index (χ0v) is 14.6. The van der Waals surface area contributed by atoms with E-state index in [-0.39, 0.29) is 0 Å². The van der Waals surface area contributed by atoms with Crippen molar-refractivity contribution in [1.82, 2.24) is 0 Å². The van der Waals surface area contributed by atoms with Crippen molar-refractivity contribution in [2.24, 2.45) is 0 Å². The molecule has 0 aliphatic rings. The fraction of sp³-hybridized carbons (Fsp3) is 0.0500. The molecule has 5 nitrogen and oxygen atoms in total. The van der Waals surface area contributed by atoms with Gasteiger partial charge in [-0.1, -0.05) is 54.1 Å². The second kappa shape index (κ2) is 7.37. The summed E-state index contributed by atoms with van der Waals surface area (Å²) in [5.41, 5.74) is 5.59. The van der Waals surface area contributed by atoms with E-state index in [1.807, 2.05) is 24.3 Å². The molecule has 0 amide bonds. The van der Waals surface area contributed by atoms with Gasteiger partial charge in [-0.05, 0) is 24.6 Å². The highest BCUT2D eigenvalue weighted by molar-refractivity contribution is 6.07. The monoisotopic (exact) mass is 370 g/mol. The molecule has 4 rings (SSSR count). The van der Waals surface area contributed by atoms with E-state index in [1.54, 1.807) is 0 Å². The first kappa shape index (κ1) is 18.3. The SMILES string of the molecule is Cc1ccc(-c2c3ccccc3[o+]c3ccccc23)cc1.[O-][Cl+3]([O-])([O-])[O-]. The van der Waals surface area contributed by atoms with Gasteiger partial charge < -0.3 is 0 Å². The van der Waals surface area contributed by atoms with Crippen molar-refractivity contribution in [1.29, 1.82) is 0 Å². The van der Waals surface area contributed by atoms with Crippen molar-refractivity contribution in [2.45, 2.75) is 6.92 Å². The van der Waals surface area contributed by atoms with Crippen LogP contribution in [0.3, 0.4) is 0 Å². The predicted molar refractivity (Wildman–Crippen MR) is 88.3 cm³/mol. The molecule has 1 heterocycles. The van der Waals surface area contributed by atoms with Crippen LogP contribution >= 0.6 is 0 Å². The Morgan fingerprint density at radius 3 is 1.54 bits per heavy atom. The lowest BCUT2D eigenvalue weighted by atomic mass is 9.96. The Balaban J connectivity index is 0.000000349. The normalized spacial score (nSPS) is 11.3. The summed E-state index contributed by atoms with van der Waals surface area (Å²) in [4.78, 5) is 0. The minimum atomic E-state index is -4.94. The van der Waals surface area contributed by atoms with Gasteiger partial charge in [-0.2, -0.15) is 0 Å². The van der Waals surface area contributed by atoms with Gasteiger partial charge in [0.25, 0.3) is 0 Å². The number of fused-ring (bicyclic) bond motifs is 2. The van der Waals surface area contributed by atoms with Crippen LogP contribution in [0.25, 0.3) is 33.1 Å². The third kappa shape index (κ3) is 4.35. The van der Waals surface area contributed by atoms with Crippen molar-refractivity contribution < 1.29 is 33.3 Å². The third-order valence-corrected chi connectivity index (χ3v) is 3.87. The minimum absolute atomic E-state index is 0.923. The van der Waals surface area contributed by atoms with Crippen molar-refractivity contribution in [3.63, 3.8) is 0 Å². The molecule has 0 saturated heterocycles. The molecule has 0 spiro atoms. The van der Waals surface area contributed by atoms with Crippen LogP contribution in [0.15, 0.2) is 77.2 Å². The van der Waals surface area contributed by atoms with Crippen LogP contribution in [-0.2, 0) is 0 Å². The quantitative estimate of drug-likeness (QED) is 0.368. The fourth-order valence-corrected chi connectivity index (χ4v) is 2.82. The van der Waals surface area contributed by atoms with Gasteiger partial charge in [0.1, 0.15) is 0 Å². The first-order valence-corrected chi connectivity index (χ1v) is 8.99. The molecule has 132 valence electrons. The van der Waals surface area contributed by atoms with Gasteiger partial charge in [0.2, 0.25) is 0 Å². The molecular weight excluding hydrogens is 356 g/mol. The van der Waals surface area contributed by atoms with Crippen LogP contribution in [0, 0.1) is 17.2 Å². The van der Waals surface area contributed by atoms with E-state index < -0.39 is 10.2 Å². The van der Waals surface area contributed by atoms with Gasteiger partial charge >= 0.3 is 11.2 Å². The summed E-state index contributed by atoms with van der Waals surface area (Å²) in [6.07, 6.45) is 0. The average Bonchev–Trinajstić information content (AvgIpc) is 2.59. The molecule has 6 heteroatoms. The molecule has 0 saturated carbocycles. The highest BCUT2D eigenvalue weighted by Crippen LogP contribution is 2.36. The molecule has 26 heavy (non-hydrogen) atoms. The summed E-state index contributed by atoms with van der Waals surface area (Å²) < 4.78 is 40.0. The van der Waals surface area contributed by atoms with E-state index in [1.165, 1.54) is 16.7 Å². The second-order valence-corrected chi connectivity index (χ2v) is 6.47. The maximum Gasteiger partial charge on any atom is 0.361 e. The predicted octanol–water partition coefficient (Wildman–Crippen LogP) is 1.09. The van der Waals surface area contributed by atoms with Crippen LogP contribution in [0.5, 0.6) is 0 Å². The Kier molecular flexibility index (Phi) is 5.18. The van der Waals surface area contributed by atoms with Gasteiger partial charge in [-0.3, -0.25) is 0 Å². The number of hydrogen-bond acceptors (Lipinski definition) is 4. The topological polar surface area (TPSA) is 104 Å². The maximum atomic E-state index is 8.49. The van der Waals surface area contributed by atoms with Gasteiger partial charge in [0.15, 0.2) is 0 Å². The highest BCUT2D eigenvalue weighted by Gasteiger charge is 2.18. The number of aryl methyl sites for hydroxylation is 1. The number of benzene rings is 3. The van der Waals surface area contributed by atoms with Crippen LogP contribution in [0.1, 0.15) is 5.56 Å². The molecule has 0 unspecified atom stereocenters. The summed E-state index contributed by atoms with van der Waals surface area (Å²) in [5, 5.41) is 2.31. The van der Waals surface area contributed by atoms with E-state index in [4.69, 9.17) is 23.1 Å². The molecule has 0 atom stereocenters. The fourth-order valence-electron chi connectivity index (χ4n) is 2.82. The van der Waals surface area contributed by atoms with E-state index >= 15 is 0 Å². The summed E-state index contributed by atoms with van der Waals surface area (Å²) >= 11 is 0. The van der Waals surface area contributed by atoms with Crippen molar-refractivity contribution in [2.75, 3.05) is 0 Å². The lowest BCUT2D eigenvalue weighted by molar-refractivity contribution is -2.00. The van der Waals surface area contributed by atoms with Crippen molar-refractivity contribution >= 4 is 21.9 Å². The van der Waals surface area contributed by atoms with Crippen molar-refractivity contribution in [3.8, 4) is 11.1 Å². The van der Waals surface area contributed by atoms with Crippen LogP contribution in [0.4, 0.5) is 0 Å². The first-order valence-electron chi connectivity index (χ1n) is 7.75. The van der Waals surface area contributed by atoms with E-state index in [2.05, 4.69) is 55.5 Å². The lowest BCUT2D eigenvalue weighted by Crippen LogP contribution is -2.68. The van der Waals surface area contributed by atoms with Gasteiger partial charge in [0, 0.05) is 17.7 Å². The maximum absolute atomic E-state index is 8.49. The molecule has 0 fully saturated rings. The summed E-state index contributed by atoms with van der Waals surface area (Å²) in [6, 6.07) is 25.1. The Hall–Kier alpha value is -2.54. The minimum Gasteiger partial charge on any atom is -0.222 e. The molecule has 0 radical (unpaired) electrons. The molecule has 0 aliphatic carbocycles. The Bertz CT molecular complexity index is 979. The van der Waals surface area contributed by atoms with Gasteiger partial charge in [-0.25, -0.2) is 23.1 Å². The van der Waals surface area contributed by atoms with E-state index in [0.29, 0.717) is 0 Å². The van der Waals surface area contributed by atoms with Gasteiger partial charge in [-0.15, -0.1) is 10.2 Å². The third-order valence-electron chi connectivity index (χ3n) is 3.87. The van der Waals surface area contributed by atoms with Crippen LogP contribution in [0.2, 0.25) is 0 Å². The Morgan fingerprint density at radius 1 is 0.654 bits per heavy atom. The summed E-state index contributed by atoms with van der Waals surface area (Å²) in [6.45, 7) is 2.11. The molecule has 1 aromatic heterocycles. The first-order chi connectivity index (χ1) is 12.3. The Morgan fingerprint density at radius 2 is 1.08 bits per heavy atom. The molecule has 3 aromatic carbocycles. The van der Waals surface area contributed by atoms with E-state index in [9.17, 15) is 0 Å². The second-order valence-electron chi connectivity index (χ2n) is 5.71. The zero-order chi connectivity index (χ0) is 18.7.